The van der Waals surface area contributed by atoms with Crippen LogP contribution in [0.1, 0.15) is 67.8 Å². The summed E-state index contributed by atoms with van der Waals surface area (Å²) in [5.41, 5.74) is 4.23. The Morgan fingerprint density at radius 2 is 1.82 bits per heavy atom. The first kappa shape index (κ1) is 28.8. The third-order valence-electron chi connectivity index (χ3n) is 8.00. The van der Waals surface area contributed by atoms with Crippen LogP contribution in [0.4, 0.5) is 0 Å². The van der Waals surface area contributed by atoms with Gasteiger partial charge in [-0.3, -0.25) is 18.9 Å². The van der Waals surface area contributed by atoms with E-state index in [0.717, 1.165) is 18.4 Å². The van der Waals surface area contributed by atoms with E-state index in [-0.39, 0.29) is 41.0 Å². The maximum atomic E-state index is 13.8. The fourth-order valence-corrected chi connectivity index (χ4v) is 5.97. The first-order valence-corrected chi connectivity index (χ1v) is 15.0. The first-order valence-electron chi connectivity index (χ1n) is 13.6. The van der Waals surface area contributed by atoms with Crippen LogP contribution >= 0.6 is 0 Å². The van der Waals surface area contributed by atoms with Crippen LogP contribution in [0.3, 0.4) is 0 Å². The highest BCUT2D eigenvalue weighted by atomic mass is 32.2. The van der Waals surface area contributed by atoms with Gasteiger partial charge in [-0.2, -0.15) is 8.42 Å². The normalized spacial score (nSPS) is 20.3. The highest BCUT2D eigenvalue weighted by Crippen LogP contribution is 2.33. The summed E-state index contributed by atoms with van der Waals surface area (Å²) in [6.45, 7) is 6.16. The standard InChI is InChI=1S/C29H37N3O6S/c1-4-18(2)27(33)31-25(17-20-10-12-21(13-11-20)39(36,37)38)29(35)32-16-6-9-26(32)28(34)30-24-15-14-22-19(3)7-5-8-23(22)24/h5,7-8,10-13,18,24-26H,4,6,9,14-17H2,1-3H3,(H,30,34)(H,31,33)(H,36,37,38)/t18-,24?,25+,26+/m1/s1. The Balaban J connectivity index is 1.51. The molecular formula is C29H37N3O6S. The van der Waals surface area contributed by atoms with Gasteiger partial charge in [-0.15, -0.1) is 0 Å². The minimum absolute atomic E-state index is 0.0906. The molecule has 210 valence electrons. The van der Waals surface area contributed by atoms with E-state index in [1.165, 1.54) is 35.4 Å². The summed E-state index contributed by atoms with van der Waals surface area (Å²) in [7, 11) is -4.35. The number of rotatable bonds is 9. The molecule has 2 aliphatic rings. The molecule has 1 heterocycles. The average Bonchev–Trinajstić information content (AvgIpc) is 3.55. The smallest absolute Gasteiger partial charge is 0.294 e. The van der Waals surface area contributed by atoms with E-state index in [1.807, 2.05) is 19.1 Å². The number of amides is 3. The Labute approximate surface area is 230 Å². The van der Waals surface area contributed by atoms with Crippen molar-refractivity contribution in [1.29, 1.82) is 0 Å². The monoisotopic (exact) mass is 555 g/mol. The van der Waals surface area contributed by atoms with Crippen molar-refractivity contribution in [2.75, 3.05) is 6.54 Å². The minimum atomic E-state index is -4.35. The number of nitrogens with zero attached hydrogens (tertiary/aromatic N) is 1. The molecule has 39 heavy (non-hydrogen) atoms. The van der Waals surface area contributed by atoms with Crippen molar-refractivity contribution in [1.82, 2.24) is 15.5 Å². The molecule has 1 aliphatic heterocycles. The Hall–Kier alpha value is -3.24. The van der Waals surface area contributed by atoms with Crippen LogP contribution in [0.2, 0.25) is 0 Å². The second-order valence-corrected chi connectivity index (χ2v) is 12.0. The van der Waals surface area contributed by atoms with Crippen molar-refractivity contribution >= 4 is 27.8 Å². The minimum Gasteiger partial charge on any atom is -0.347 e. The van der Waals surface area contributed by atoms with Crippen molar-refractivity contribution in [2.24, 2.45) is 5.92 Å². The largest absolute Gasteiger partial charge is 0.347 e. The second-order valence-electron chi connectivity index (χ2n) is 10.6. The van der Waals surface area contributed by atoms with Crippen LogP contribution < -0.4 is 10.6 Å². The highest BCUT2D eigenvalue weighted by Gasteiger charge is 2.39. The third-order valence-corrected chi connectivity index (χ3v) is 8.86. The molecule has 0 radical (unpaired) electrons. The summed E-state index contributed by atoms with van der Waals surface area (Å²) in [5.74, 6) is -1.09. The second kappa shape index (κ2) is 11.9. The molecule has 3 amide bonds. The number of aryl methyl sites for hydroxylation is 1. The van der Waals surface area contributed by atoms with Gasteiger partial charge in [0.2, 0.25) is 17.7 Å². The van der Waals surface area contributed by atoms with Gasteiger partial charge >= 0.3 is 0 Å². The van der Waals surface area contributed by atoms with E-state index in [2.05, 4.69) is 23.6 Å². The summed E-state index contributed by atoms with van der Waals surface area (Å²) in [4.78, 5) is 41.3. The van der Waals surface area contributed by atoms with Crippen LogP contribution in [0, 0.1) is 12.8 Å². The summed E-state index contributed by atoms with van der Waals surface area (Å²) in [6.07, 6.45) is 3.67. The molecule has 4 atom stereocenters. The van der Waals surface area contributed by atoms with E-state index in [1.54, 1.807) is 11.8 Å². The fourth-order valence-electron chi connectivity index (χ4n) is 5.49. The Kier molecular flexibility index (Phi) is 8.76. The lowest BCUT2D eigenvalue weighted by atomic mass is 10.0. The molecule has 10 heteroatoms. The van der Waals surface area contributed by atoms with Gasteiger partial charge in [0.25, 0.3) is 10.1 Å². The molecule has 9 nitrogen and oxygen atoms in total. The Morgan fingerprint density at radius 3 is 2.49 bits per heavy atom. The number of benzene rings is 2. The molecule has 4 rings (SSSR count). The molecule has 2 aromatic carbocycles. The molecule has 0 bridgehead atoms. The number of hydrogen-bond acceptors (Lipinski definition) is 5. The summed E-state index contributed by atoms with van der Waals surface area (Å²) in [6, 6.07) is 10.0. The molecule has 0 aromatic heterocycles. The third kappa shape index (κ3) is 6.50. The zero-order valence-corrected chi connectivity index (χ0v) is 23.5. The van der Waals surface area contributed by atoms with Gasteiger partial charge in [-0.1, -0.05) is 44.2 Å². The number of fused-ring (bicyclic) bond motifs is 1. The number of likely N-dealkylation sites (tertiary alicyclic amines) is 1. The molecule has 1 unspecified atom stereocenters. The van der Waals surface area contributed by atoms with Crippen molar-refractivity contribution in [3.05, 3.63) is 64.7 Å². The lowest BCUT2D eigenvalue weighted by molar-refractivity contribution is -0.142. The van der Waals surface area contributed by atoms with Gasteiger partial charge in [-0.25, -0.2) is 0 Å². The van der Waals surface area contributed by atoms with Crippen molar-refractivity contribution in [3.8, 4) is 0 Å². The predicted octanol–water partition coefficient (Wildman–Crippen LogP) is 3.11. The SMILES string of the molecule is CC[C@@H](C)C(=O)N[C@@H](Cc1ccc(S(=O)(=O)O)cc1)C(=O)N1CCC[C@H]1C(=O)NC1CCc2c(C)cccc21. The van der Waals surface area contributed by atoms with Crippen LogP contribution in [0.15, 0.2) is 47.4 Å². The van der Waals surface area contributed by atoms with E-state index in [4.69, 9.17) is 0 Å². The number of nitrogens with one attached hydrogen (secondary N) is 2. The zero-order chi connectivity index (χ0) is 28.3. The van der Waals surface area contributed by atoms with Crippen LogP contribution in [0.25, 0.3) is 0 Å². The molecule has 1 fully saturated rings. The molecule has 0 spiro atoms. The number of carbonyl (C=O) groups excluding carboxylic acids is 3. The highest BCUT2D eigenvalue weighted by molar-refractivity contribution is 7.85. The topological polar surface area (TPSA) is 133 Å². The molecule has 1 saturated heterocycles. The summed E-state index contributed by atoms with van der Waals surface area (Å²) >= 11 is 0. The first-order chi connectivity index (χ1) is 18.5. The van der Waals surface area contributed by atoms with Crippen LogP contribution in [-0.4, -0.2) is 54.2 Å². The van der Waals surface area contributed by atoms with Crippen molar-refractivity contribution in [3.63, 3.8) is 0 Å². The fraction of sp³-hybridized carbons (Fsp3) is 0.483. The predicted molar refractivity (Wildman–Crippen MR) is 146 cm³/mol. The maximum absolute atomic E-state index is 13.8. The van der Waals surface area contributed by atoms with Gasteiger partial charge in [0, 0.05) is 18.9 Å². The Bertz CT molecular complexity index is 1340. The van der Waals surface area contributed by atoms with Gasteiger partial charge < -0.3 is 15.5 Å². The quantitative estimate of drug-likeness (QED) is 0.407. The molecule has 0 saturated carbocycles. The van der Waals surface area contributed by atoms with Gasteiger partial charge in [0.05, 0.1) is 10.9 Å². The maximum Gasteiger partial charge on any atom is 0.294 e. The lowest BCUT2D eigenvalue weighted by Crippen LogP contribution is -2.55. The van der Waals surface area contributed by atoms with Crippen molar-refractivity contribution < 1.29 is 27.4 Å². The molecule has 2 aromatic rings. The van der Waals surface area contributed by atoms with E-state index in [0.29, 0.717) is 31.4 Å². The van der Waals surface area contributed by atoms with E-state index < -0.39 is 22.2 Å². The molecule has 1 aliphatic carbocycles. The number of carbonyl (C=O) groups is 3. The summed E-state index contributed by atoms with van der Waals surface area (Å²) < 4.78 is 32.1. The average molecular weight is 556 g/mol. The summed E-state index contributed by atoms with van der Waals surface area (Å²) in [5, 5.41) is 6.03. The number of hydrogen-bond donors (Lipinski definition) is 3. The van der Waals surface area contributed by atoms with E-state index >= 15 is 0 Å². The van der Waals surface area contributed by atoms with Gasteiger partial charge in [0.15, 0.2) is 0 Å². The van der Waals surface area contributed by atoms with Crippen molar-refractivity contribution in [2.45, 2.75) is 82.3 Å². The molecule has 3 N–H and O–H groups in total. The molecular weight excluding hydrogens is 518 g/mol. The lowest BCUT2D eigenvalue weighted by Gasteiger charge is -2.30. The van der Waals surface area contributed by atoms with Gasteiger partial charge in [0.1, 0.15) is 12.1 Å². The Morgan fingerprint density at radius 1 is 1.10 bits per heavy atom. The van der Waals surface area contributed by atoms with E-state index in [9.17, 15) is 27.4 Å². The van der Waals surface area contributed by atoms with Gasteiger partial charge in [-0.05, 0) is 73.4 Å². The zero-order valence-electron chi connectivity index (χ0n) is 22.6. The van der Waals surface area contributed by atoms with Crippen LogP contribution in [-0.2, 0) is 37.3 Å². The van der Waals surface area contributed by atoms with Crippen LogP contribution in [0.5, 0.6) is 0 Å².